The third kappa shape index (κ3) is 8.22. The van der Waals surface area contributed by atoms with Gasteiger partial charge in [0.2, 0.25) is 0 Å². The Labute approximate surface area is 183 Å². The maximum absolute atomic E-state index is 12.3. The smallest absolute Gasteiger partial charge is 0.261 e. The number of hydrogen-bond acceptors (Lipinski definition) is 3. The molecule has 1 atom stereocenters. The summed E-state index contributed by atoms with van der Waals surface area (Å²) in [6.45, 7) is 2.76. The summed E-state index contributed by atoms with van der Waals surface area (Å²) in [6.07, 6.45) is 17.3. The molecule has 0 radical (unpaired) electrons. The Morgan fingerprint density at radius 2 is 1.13 bits per heavy atom. The Hall–Kier alpha value is -1.68. The number of benzene rings is 1. The van der Waals surface area contributed by atoms with Gasteiger partial charge in [-0.05, 0) is 31.4 Å². The molecule has 168 valence electrons. The molecule has 1 unspecified atom stereocenters. The summed E-state index contributed by atoms with van der Waals surface area (Å²) in [4.78, 5) is 26.0. The van der Waals surface area contributed by atoms with E-state index >= 15 is 0 Å². The van der Waals surface area contributed by atoms with Crippen molar-refractivity contribution in [2.45, 2.75) is 109 Å². The number of unbranched alkanes of at least 4 members (excludes halogenated alkanes) is 11. The van der Waals surface area contributed by atoms with Gasteiger partial charge in [0.25, 0.3) is 11.8 Å². The zero-order chi connectivity index (χ0) is 21.6. The highest BCUT2D eigenvalue weighted by Crippen LogP contribution is 2.23. The molecular formula is C26H41NO3. The Kier molecular flexibility index (Phi) is 11.8. The van der Waals surface area contributed by atoms with Gasteiger partial charge in [-0.15, -0.1) is 0 Å². The largest absolute Gasteiger partial charge is 0.393 e. The predicted octanol–water partition coefficient (Wildman–Crippen LogP) is 6.51. The molecule has 1 aliphatic heterocycles. The molecule has 0 aromatic heterocycles. The molecule has 2 amide bonds. The molecule has 4 nitrogen and oxygen atoms in total. The van der Waals surface area contributed by atoms with Gasteiger partial charge in [0.15, 0.2) is 0 Å². The van der Waals surface area contributed by atoms with Crippen LogP contribution < -0.4 is 0 Å². The van der Waals surface area contributed by atoms with E-state index in [0.717, 1.165) is 51.4 Å². The molecule has 1 heterocycles. The van der Waals surface area contributed by atoms with Gasteiger partial charge in [0.05, 0.1) is 17.2 Å². The van der Waals surface area contributed by atoms with Crippen molar-refractivity contribution in [3.63, 3.8) is 0 Å². The molecule has 0 saturated carbocycles. The first-order chi connectivity index (χ1) is 14.6. The summed E-state index contributed by atoms with van der Waals surface area (Å²) in [5.74, 6) is -0.306. The van der Waals surface area contributed by atoms with Crippen LogP contribution in [0.3, 0.4) is 0 Å². The third-order valence-electron chi connectivity index (χ3n) is 6.19. The highest BCUT2D eigenvalue weighted by atomic mass is 16.3. The van der Waals surface area contributed by atoms with Crippen LogP contribution in [-0.2, 0) is 0 Å². The fourth-order valence-corrected chi connectivity index (χ4v) is 4.28. The molecule has 1 aromatic rings. The van der Waals surface area contributed by atoms with E-state index < -0.39 is 0 Å². The number of aliphatic hydroxyl groups is 1. The van der Waals surface area contributed by atoms with Crippen molar-refractivity contribution in [3.05, 3.63) is 35.4 Å². The van der Waals surface area contributed by atoms with Gasteiger partial charge in [-0.3, -0.25) is 14.5 Å². The Morgan fingerprint density at radius 3 is 1.63 bits per heavy atom. The van der Waals surface area contributed by atoms with Crippen molar-refractivity contribution < 1.29 is 14.7 Å². The van der Waals surface area contributed by atoms with E-state index in [2.05, 4.69) is 6.92 Å². The van der Waals surface area contributed by atoms with Crippen molar-refractivity contribution in [1.82, 2.24) is 4.90 Å². The molecule has 0 saturated heterocycles. The van der Waals surface area contributed by atoms with E-state index in [1.54, 1.807) is 24.3 Å². The minimum Gasteiger partial charge on any atom is -0.393 e. The van der Waals surface area contributed by atoms with E-state index in [4.69, 9.17) is 0 Å². The summed E-state index contributed by atoms with van der Waals surface area (Å²) >= 11 is 0. The quantitative estimate of drug-likeness (QED) is 0.233. The number of amides is 2. The fraction of sp³-hybridized carbons (Fsp3) is 0.692. The highest BCUT2D eigenvalue weighted by molar-refractivity contribution is 6.21. The molecule has 0 fully saturated rings. The molecule has 4 heteroatoms. The van der Waals surface area contributed by atoms with Gasteiger partial charge in [0, 0.05) is 6.54 Å². The lowest BCUT2D eigenvalue weighted by Gasteiger charge is -2.13. The molecular weight excluding hydrogens is 374 g/mol. The Balaban J connectivity index is 1.42. The number of rotatable bonds is 17. The van der Waals surface area contributed by atoms with Gasteiger partial charge in [-0.2, -0.15) is 0 Å². The second kappa shape index (κ2) is 14.3. The summed E-state index contributed by atoms with van der Waals surface area (Å²) in [5.41, 5.74) is 1.07. The van der Waals surface area contributed by atoms with E-state index in [-0.39, 0.29) is 17.9 Å². The molecule has 0 bridgehead atoms. The Bertz CT molecular complexity index is 608. The number of fused-ring (bicyclic) bond motifs is 1. The zero-order valence-electron chi connectivity index (χ0n) is 18.9. The van der Waals surface area contributed by atoms with E-state index in [9.17, 15) is 14.7 Å². The van der Waals surface area contributed by atoms with Gasteiger partial charge in [-0.1, -0.05) is 96.1 Å². The maximum atomic E-state index is 12.3. The minimum absolute atomic E-state index is 0.150. The Morgan fingerprint density at radius 1 is 0.700 bits per heavy atom. The van der Waals surface area contributed by atoms with E-state index in [0.29, 0.717) is 17.7 Å². The lowest BCUT2D eigenvalue weighted by Crippen LogP contribution is -2.30. The van der Waals surface area contributed by atoms with Gasteiger partial charge >= 0.3 is 0 Å². The lowest BCUT2D eigenvalue weighted by molar-refractivity contribution is 0.0651. The molecule has 0 spiro atoms. The average molecular weight is 416 g/mol. The first-order valence-corrected chi connectivity index (χ1v) is 12.3. The highest BCUT2D eigenvalue weighted by Gasteiger charge is 2.34. The first kappa shape index (κ1) is 24.6. The number of nitrogens with zero attached hydrogens (tertiary/aromatic N) is 1. The summed E-state index contributed by atoms with van der Waals surface area (Å²) in [5, 5.41) is 10.1. The summed E-state index contributed by atoms with van der Waals surface area (Å²) in [6, 6.07) is 7.07. The zero-order valence-corrected chi connectivity index (χ0v) is 18.9. The summed E-state index contributed by atoms with van der Waals surface area (Å²) < 4.78 is 0. The molecule has 2 rings (SSSR count). The average Bonchev–Trinajstić information content (AvgIpc) is 3.00. The number of carbonyl (C=O) groups excluding carboxylic acids is 2. The predicted molar refractivity (Wildman–Crippen MR) is 123 cm³/mol. The van der Waals surface area contributed by atoms with Crippen LogP contribution >= 0.6 is 0 Å². The van der Waals surface area contributed by atoms with Crippen LogP contribution in [-0.4, -0.2) is 34.5 Å². The molecule has 1 aliphatic rings. The van der Waals surface area contributed by atoms with Crippen molar-refractivity contribution in [2.75, 3.05) is 6.54 Å². The van der Waals surface area contributed by atoms with Crippen molar-refractivity contribution in [1.29, 1.82) is 0 Å². The number of carbonyl (C=O) groups is 2. The van der Waals surface area contributed by atoms with E-state index in [1.165, 1.54) is 49.8 Å². The van der Waals surface area contributed by atoms with Gasteiger partial charge in [-0.25, -0.2) is 0 Å². The second-order valence-corrected chi connectivity index (χ2v) is 8.78. The standard InChI is InChI=1S/C26H41NO3/c1-2-3-4-5-6-7-9-12-17-22(28)18-13-10-8-11-16-21-27-25(29)23-19-14-15-20-24(23)26(27)30/h14-15,19-20,22,28H,2-13,16-18,21H2,1H3. The number of aliphatic hydroxyl groups excluding tert-OH is 1. The second-order valence-electron chi connectivity index (χ2n) is 8.78. The van der Waals surface area contributed by atoms with Crippen LogP contribution in [0.15, 0.2) is 24.3 Å². The number of hydrogen-bond donors (Lipinski definition) is 1. The van der Waals surface area contributed by atoms with Gasteiger partial charge < -0.3 is 5.11 Å². The molecule has 1 aromatic carbocycles. The maximum Gasteiger partial charge on any atom is 0.261 e. The van der Waals surface area contributed by atoms with Crippen LogP contribution in [0, 0.1) is 0 Å². The van der Waals surface area contributed by atoms with Crippen LogP contribution in [0.1, 0.15) is 124 Å². The van der Waals surface area contributed by atoms with Crippen molar-refractivity contribution in [2.24, 2.45) is 0 Å². The topological polar surface area (TPSA) is 57.6 Å². The van der Waals surface area contributed by atoms with Crippen LogP contribution in [0.2, 0.25) is 0 Å². The van der Waals surface area contributed by atoms with Crippen LogP contribution in [0.25, 0.3) is 0 Å². The van der Waals surface area contributed by atoms with Crippen LogP contribution in [0.5, 0.6) is 0 Å². The normalized spacial score (nSPS) is 14.4. The number of imide groups is 1. The minimum atomic E-state index is -0.153. The molecule has 0 aliphatic carbocycles. The third-order valence-corrected chi connectivity index (χ3v) is 6.19. The lowest BCUT2D eigenvalue weighted by atomic mass is 10.0. The monoisotopic (exact) mass is 415 g/mol. The van der Waals surface area contributed by atoms with Gasteiger partial charge in [0.1, 0.15) is 0 Å². The SMILES string of the molecule is CCCCCCCCCCC(O)CCCCCCCN1C(=O)c2ccccc2C1=O. The van der Waals surface area contributed by atoms with Crippen molar-refractivity contribution in [3.8, 4) is 0 Å². The van der Waals surface area contributed by atoms with E-state index in [1.807, 2.05) is 0 Å². The first-order valence-electron chi connectivity index (χ1n) is 12.3. The van der Waals surface area contributed by atoms with Crippen LogP contribution in [0.4, 0.5) is 0 Å². The molecule has 1 N–H and O–H groups in total. The summed E-state index contributed by atoms with van der Waals surface area (Å²) in [7, 11) is 0. The molecule has 30 heavy (non-hydrogen) atoms. The van der Waals surface area contributed by atoms with Crippen molar-refractivity contribution >= 4 is 11.8 Å². The fourth-order valence-electron chi connectivity index (χ4n) is 4.28.